The van der Waals surface area contributed by atoms with Crippen LogP contribution in [0.25, 0.3) is 0 Å². The summed E-state index contributed by atoms with van der Waals surface area (Å²) in [7, 11) is -1.60. The molecular weight excluding hydrogens is 326 g/mol. The van der Waals surface area contributed by atoms with Crippen molar-refractivity contribution in [2.75, 3.05) is 13.2 Å². The summed E-state index contributed by atoms with van der Waals surface area (Å²) >= 11 is 0. The summed E-state index contributed by atoms with van der Waals surface area (Å²) in [6.07, 6.45) is 0. The maximum atomic E-state index is 6.26. The highest BCUT2D eigenvalue weighted by Gasteiger charge is 2.24. The van der Waals surface area contributed by atoms with Crippen LogP contribution in [0.15, 0.2) is 60.7 Å². The molecule has 25 heavy (non-hydrogen) atoms. The second kappa shape index (κ2) is 9.75. The van der Waals surface area contributed by atoms with Crippen LogP contribution in [0.4, 0.5) is 0 Å². The molecule has 0 heterocycles. The van der Waals surface area contributed by atoms with Gasteiger partial charge in [0.15, 0.2) is 8.32 Å². The van der Waals surface area contributed by atoms with E-state index in [9.17, 15) is 0 Å². The molecule has 2 rings (SSSR count). The van der Waals surface area contributed by atoms with Crippen LogP contribution in [0.5, 0.6) is 5.75 Å². The molecule has 0 amide bonds. The minimum atomic E-state index is -1.60. The smallest absolute Gasteiger partial charge is 0.187 e. The van der Waals surface area contributed by atoms with Crippen molar-refractivity contribution in [3.05, 3.63) is 66.2 Å². The van der Waals surface area contributed by atoms with Gasteiger partial charge in [-0.25, -0.2) is 0 Å². The molecule has 0 radical (unpaired) electrons. The van der Waals surface area contributed by atoms with Gasteiger partial charge in [0.05, 0.1) is 13.1 Å². The van der Waals surface area contributed by atoms with Crippen LogP contribution in [-0.2, 0) is 11.0 Å². The molecule has 0 fully saturated rings. The van der Waals surface area contributed by atoms with Gasteiger partial charge in [-0.2, -0.15) is 0 Å². The van der Waals surface area contributed by atoms with E-state index >= 15 is 0 Å². The van der Waals surface area contributed by atoms with E-state index in [1.807, 2.05) is 41.5 Å². The Labute approximate surface area is 153 Å². The fourth-order valence-electron chi connectivity index (χ4n) is 3.04. The molecule has 0 saturated carbocycles. The van der Waals surface area contributed by atoms with E-state index in [2.05, 4.69) is 51.2 Å². The summed E-state index contributed by atoms with van der Waals surface area (Å²) in [6, 6.07) is 21.5. The molecule has 2 aromatic carbocycles. The largest absolute Gasteiger partial charge is 0.416 e. The standard InChI is InChI=1S/C21H31NO2Si/c1-19(2)18-25(3,4)23-16-15-22(17-20-11-7-5-8-12-20)24-21-13-9-6-10-14-21/h5-14,19H,15-18H2,1-4H3. The molecule has 0 aliphatic carbocycles. The van der Waals surface area contributed by atoms with Gasteiger partial charge >= 0.3 is 0 Å². The highest BCUT2D eigenvalue weighted by Crippen LogP contribution is 2.18. The number of hydrogen-bond acceptors (Lipinski definition) is 3. The van der Waals surface area contributed by atoms with Gasteiger partial charge in [-0.1, -0.05) is 62.4 Å². The Kier molecular flexibility index (Phi) is 7.69. The van der Waals surface area contributed by atoms with Crippen LogP contribution in [0.1, 0.15) is 19.4 Å². The molecule has 0 unspecified atom stereocenters. The van der Waals surface area contributed by atoms with Crippen molar-refractivity contribution in [1.29, 1.82) is 0 Å². The van der Waals surface area contributed by atoms with Crippen molar-refractivity contribution in [1.82, 2.24) is 5.06 Å². The predicted octanol–water partition coefficient (Wildman–Crippen LogP) is 5.36. The van der Waals surface area contributed by atoms with E-state index in [4.69, 9.17) is 9.26 Å². The van der Waals surface area contributed by atoms with Gasteiger partial charge in [0, 0.05) is 6.61 Å². The average molecular weight is 358 g/mol. The van der Waals surface area contributed by atoms with Gasteiger partial charge in [-0.3, -0.25) is 0 Å². The van der Waals surface area contributed by atoms with Crippen LogP contribution >= 0.6 is 0 Å². The third-order valence-corrected chi connectivity index (χ3v) is 6.70. The van der Waals surface area contributed by atoms with Crippen LogP contribution in [0.2, 0.25) is 19.1 Å². The van der Waals surface area contributed by atoms with Crippen LogP contribution in [0, 0.1) is 5.92 Å². The van der Waals surface area contributed by atoms with Crippen molar-refractivity contribution in [3.8, 4) is 5.75 Å². The average Bonchev–Trinajstić information content (AvgIpc) is 2.55. The van der Waals surface area contributed by atoms with E-state index in [0.717, 1.165) is 18.8 Å². The van der Waals surface area contributed by atoms with Gasteiger partial charge < -0.3 is 9.26 Å². The van der Waals surface area contributed by atoms with Crippen LogP contribution < -0.4 is 4.84 Å². The normalized spacial score (nSPS) is 11.9. The van der Waals surface area contributed by atoms with E-state index in [-0.39, 0.29) is 0 Å². The molecule has 3 nitrogen and oxygen atoms in total. The van der Waals surface area contributed by atoms with Gasteiger partial charge in [-0.15, -0.1) is 5.06 Å². The van der Waals surface area contributed by atoms with E-state index < -0.39 is 8.32 Å². The number of hydroxylamine groups is 2. The van der Waals surface area contributed by atoms with E-state index in [0.29, 0.717) is 12.5 Å². The van der Waals surface area contributed by atoms with E-state index in [1.54, 1.807) is 0 Å². The SMILES string of the molecule is CC(C)C[Si](C)(C)OCCN(Cc1ccccc1)Oc1ccccc1. The predicted molar refractivity (Wildman–Crippen MR) is 107 cm³/mol. The maximum Gasteiger partial charge on any atom is 0.187 e. The molecule has 0 aromatic heterocycles. The lowest BCUT2D eigenvalue weighted by Crippen LogP contribution is -2.37. The lowest BCUT2D eigenvalue weighted by molar-refractivity contribution is -0.0745. The maximum absolute atomic E-state index is 6.26. The number of para-hydroxylation sites is 1. The minimum Gasteiger partial charge on any atom is -0.416 e. The fraction of sp³-hybridized carbons (Fsp3) is 0.429. The van der Waals surface area contributed by atoms with E-state index in [1.165, 1.54) is 11.6 Å². The summed E-state index contributed by atoms with van der Waals surface area (Å²) in [4.78, 5) is 6.08. The van der Waals surface area contributed by atoms with Crippen molar-refractivity contribution >= 4 is 8.32 Å². The Bertz CT molecular complexity index is 560. The van der Waals surface area contributed by atoms with Crippen LogP contribution in [-0.4, -0.2) is 26.5 Å². The van der Waals surface area contributed by atoms with Crippen molar-refractivity contribution in [2.24, 2.45) is 5.92 Å². The van der Waals surface area contributed by atoms with Gasteiger partial charge in [-0.05, 0) is 42.8 Å². The second-order valence-corrected chi connectivity index (χ2v) is 11.7. The number of benzene rings is 2. The first-order valence-electron chi connectivity index (χ1n) is 9.10. The zero-order valence-electron chi connectivity index (χ0n) is 15.9. The highest BCUT2D eigenvalue weighted by molar-refractivity contribution is 6.71. The Morgan fingerprint density at radius 2 is 1.52 bits per heavy atom. The van der Waals surface area contributed by atoms with Gasteiger partial charge in [0.25, 0.3) is 0 Å². The van der Waals surface area contributed by atoms with Gasteiger partial charge in [0.1, 0.15) is 5.75 Å². The third kappa shape index (κ3) is 7.86. The van der Waals surface area contributed by atoms with Gasteiger partial charge in [0.2, 0.25) is 0 Å². The molecule has 0 atom stereocenters. The molecule has 0 aliphatic rings. The molecule has 0 N–H and O–H groups in total. The Morgan fingerprint density at radius 1 is 0.920 bits per heavy atom. The molecule has 2 aromatic rings. The number of hydrogen-bond donors (Lipinski definition) is 0. The minimum absolute atomic E-state index is 0.683. The van der Waals surface area contributed by atoms with Crippen molar-refractivity contribution in [3.63, 3.8) is 0 Å². The fourth-order valence-corrected chi connectivity index (χ4v) is 5.77. The molecule has 136 valence electrons. The second-order valence-electron chi connectivity index (χ2n) is 7.46. The first-order valence-corrected chi connectivity index (χ1v) is 12.2. The van der Waals surface area contributed by atoms with Crippen LogP contribution in [0.3, 0.4) is 0 Å². The quantitative estimate of drug-likeness (QED) is 0.422. The molecule has 0 bridgehead atoms. The summed E-state index contributed by atoms with van der Waals surface area (Å²) < 4.78 is 6.26. The molecule has 0 spiro atoms. The molecular formula is C21H31NO2Si. The summed E-state index contributed by atoms with van der Waals surface area (Å²) in [5, 5.41) is 1.99. The zero-order chi connectivity index (χ0) is 18.1. The highest BCUT2D eigenvalue weighted by atomic mass is 28.4. The van der Waals surface area contributed by atoms with Crippen molar-refractivity contribution in [2.45, 2.75) is 39.5 Å². The summed E-state index contributed by atoms with van der Waals surface area (Å²) in [6.45, 7) is 11.3. The zero-order valence-corrected chi connectivity index (χ0v) is 16.9. The number of rotatable bonds is 10. The Hall–Kier alpha value is -1.62. The third-order valence-electron chi connectivity index (χ3n) is 3.91. The molecule has 4 heteroatoms. The summed E-state index contributed by atoms with van der Waals surface area (Å²) in [5.41, 5.74) is 1.23. The topological polar surface area (TPSA) is 21.7 Å². The van der Waals surface area contributed by atoms with Crippen molar-refractivity contribution < 1.29 is 9.26 Å². The lowest BCUT2D eigenvalue weighted by Gasteiger charge is -2.27. The number of nitrogens with zero attached hydrogens (tertiary/aromatic N) is 1. The first-order chi connectivity index (χ1) is 11.9. The Morgan fingerprint density at radius 3 is 2.12 bits per heavy atom. The molecule has 0 aliphatic heterocycles. The monoisotopic (exact) mass is 357 g/mol. The summed E-state index contributed by atoms with van der Waals surface area (Å²) in [5.74, 6) is 1.54. The lowest BCUT2D eigenvalue weighted by atomic mass is 10.2. The first kappa shape index (κ1) is 19.7. The molecule has 0 saturated heterocycles. The Balaban J connectivity index is 1.94.